The van der Waals surface area contributed by atoms with E-state index in [0.717, 1.165) is 5.56 Å². The maximum absolute atomic E-state index is 12.5. The number of anilines is 2. The van der Waals surface area contributed by atoms with Crippen molar-refractivity contribution in [3.63, 3.8) is 0 Å². The van der Waals surface area contributed by atoms with Gasteiger partial charge >= 0.3 is 0 Å². The molecule has 2 aromatic carbocycles. The molecule has 1 unspecified atom stereocenters. The smallest absolute Gasteiger partial charge is 0.246 e. The molecule has 0 fully saturated rings. The van der Waals surface area contributed by atoms with Gasteiger partial charge < -0.3 is 24.8 Å². The highest BCUT2D eigenvalue weighted by molar-refractivity contribution is 6.31. The number of ether oxygens (including phenoxy) is 3. The van der Waals surface area contributed by atoms with Crippen LogP contribution in [0.15, 0.2) is 30.3 Å². The Hall–Kier alpha value is -2.60. The Morgan fingerprint density at radius 2 is 1.69 bits per heavy atom. The lowest BCUT2D eigenvalue weighted by Gasteiger charge is -2.19. The summed E-state index contributed by atoms with van der Waals surface area (Å²) in [7, 11) is 4.62. The first-order valence-electron chi connectivity index (χ1n) is 8.03. The van der Waals surface area contributed by atoms with Crippen molar-refractivity contribution >= 4 is 28.9 Å². The van der Waals surface area contributed by atoms with Gasteiger partial charge in [0.25, 0.3) is 0 Å². The number of benzene rings is 2. The molecule has 140 valence electrons. The zero-order valence-corrected chi connectivity index (χ0v) is 16.2. The molecule has 26 heavy (non-hydrogen) atoms. The summed E-state index contributed by atoms with van der Waals surface area (Å²) in [4.78, 5) is 12.5. The van der Waals surface area contributed by atoms with Gasteiger partial charge in [-0.25, -0.2) is 0 Å². The third-order valence-electron chi connectivity index (χ3n) is 3.97. The van der Waals surface area contributed by atoms with Crippen molar-refractivity contribution in [1.82, 2.24) is 0 Å². The lowest BCUT2D eigenvalue weighted by molar-refractivity contribution is -0.116. The Morgan fingerprint density at radius 1 is 1.08 bits per heavy atom. The second-order valence-electron chi connectivity index (χ2n) is 5.68. The number of rotatable bonds is 7. The number of nitrogens with one attached hydrogen (secondary N) is 2. The Morgan fingerprint density at radius 3 is 2.23 bits per heavy atom. The fourth-order valence-electron chi connectivity index (χ4n) is 2.46. The van der Waals surface area contributed by atoms with Crippen molar-refractivity contribution in [3.8, 4) is 17.2 Å². The molecule has 0 heterocycles. The lowest BCUT2D eigenvalue weighted by Crippen LogP contribution is -2.32. The van der Waals surface area contributed by atoms with Crippen molar-refractivity contribution < 1.29 is 19.0 Å². The molecule has 2 N–H and O–H groups in total. The fraction of sp³-hybridized carbons (Fsp3) is 0.316. The summed E-state index contributed by atoms with van der Waals surface area (Å²) in [5, 5.41) is 6.62. The molecule has 1 atom stereocenters. The van der Waals surface area contributed by atoms with Crippen LogP contribution in [0.3, 0.4) is 0 Å². The molecule has 2 rings (SSSR count). The summed E-state index contributed by atoms with van der Waals surface area (Å²) < 4.78 is 16.0. The van der Waals surface area contributed by atoms with Gasteiger partial charge in [-0.05, 0) is 31.5 Å². The number of carbonyl (C=O) groups excluding carboxylic acids is 1. The van der Waals surface area contributed by atoms with E-state index < -0.39 is 6.04 Å². The van der Waals surface area contributed by atoms with Gasteiger partial charge in [-0.3, -0.25) is 4.79 Å². The predicted molar refractivity (Wildman–Crippen MR) is 104 cm³/mol. The standard InChI is InChI=1S/C19H23ClN2O4/c1-11-14(20)7-6-8-15(11)22-19(23)12(2)21-13-9-16(24-3)18(26-5)17(10-13)25-4/h6-10,12,21H,1-5H3,(H,22,23). The molecule has 0 aromatic heterocycles. The third kappa shape index (κ3) is 4.32. The zero-order valence-electron chi connectivity index (χ0n) is 15.5. The van der Waals surface area contributed by atoms with Gasteiger partial charge in [0.15, 0.2) is 11.5 Å². The predicted octanol–water partition coefficient (Wildman–Crippen LogP) is 4.11. The molecule has 0 aliphatic carbocycles. The van der Waals surface area contributed by atoms with Crippen molar-refractivity contribution in [2.45, 2.75) is 19.9 Å². The van der Waals surface area contributed by atoms with Crippen molar-refractivity contribution in [1.29, 1.82) is 0 Å². The molecule has 6 nitrogen and oxygen atoms in total. The third-order valence-corrected chi connectivity index (χ3v) is 4.38. The molecule has 0 radical (unpaired) electrons. The van der Waals surface area contributed by atoms with E-state index in [1.807, 2.05) is 13.0 Å². The molecule has 0 bridgehead atoms. The molecule has 0 aliphatic rings. The summed E-state index contributed by atoms with van der Waals surface area (Å²) in [6, 6.07) is 8.37. The molecule has 0 aliphatic heterocycles. The molecule has 7 heteroatoms. The first-order chi connectivity index (χ1) is 12.4. The van der Waals surface area contributed by atoms with Crippen LogP contribution in [0.4, 0.5) is 11.4 Å². The summed E-state index contributed by atoms with van der Waals surface area (Å²) in [6.45, 7) is 3.62. The van der Waals surface area contributed by atoms with E-state index in [4.69, 9.17) is 25.8 Å². The van der Waals surface area contributed by atoms with Crippen LogP contribution in [0, 0.1) is 6.92 Å². The SMILES string of the molecule is COc1cc(NC(C)C(=O)Nc2cccc(Cl)c2C)cc(OC)c1OC. The van der Waals surface area contributed by atoms with Crippen LogP contribution in [-0.4, -0.2) is 33.3 Å². The number of hydrogen-bond acceptors (Lipinski definition) is 5. The van der Waals surface area contributed by atoms with Crippen LogP contribution < -0.4 is 24.8 Å². The Kier molecular flexibility index (Phi) is 6.58. The van der Waals surface area contributed by atoms with E-state index in [1.54, 1.807) is 45.4 Å². The van der Waals surface area contributed by atoms with Gasteiger partial charge in [0.05, 0.1) is 21.3 Å². The Labute approximate surface area is 158 Å². The molecule has 0 saturated heterocycles. The number of amides is 1. The number of carbonyl (C=O) groups is 1. The molecular weight excluding hydrogens is 356 g/mol. The largest absolute Gasteiger partial charge is 0.493 e. The fourth-order valence-corrected chi connectivity index (χ4v) is 2.64. The van der Waals surface area contributed by atoms with Gasteiger partial charge in [0.2, 0.25) is 11.7 Å². The Balaban J connectivity index is 2.17. The van der Waals surface area contributed by atoms with Gasteiger partial charge in [0, 0.05) is 28.5 Å². The van der Waals surface area contributed by atoms with E-state index in [2.05, 4.69) is 10.6 Å². The van der Waals surface area contributed by atoms with Gasteiger partial charge in [-0.1, -0.05) is 17.7 Å². The average Bonchev–Trinajstić information content (AvgIpc) is 2.64. The summed E-state index contributed by atoms with van der Waals surface area (Å²) in [5.74, 6) is 1.32. The molecule has 0 saturated carbocycles. The summed E-state index contributed by atoms with van der Waals surface area (Å²) >= 11 is 6.10. The second kappa shape index (κ2) is 8.67. The van der Waals surface area contributed by atoms with Gasteiger partial charge in [-0.15, -0.1) is 0 Å². The van der Waals surface area contributed by atoms with E-state index >= 15 is 0 Å². The molecule has 2 aromatic rings. The van der Waals surface area contributed by atoms with Crippen LogP contribution in [-0.2, 0) is 4.79 Å². The number of halogens is 1. The monoisotopic (exact) mass is 378 g/mol. The normalized spacial score (nSPS) is 11.5. The maximum Gasteiger partial charge on any atom is 0.246 e. The maximum atomic E-state index is 12.5. The second-order valence-corrected chi connectivity index (χ2v) is 6.09. The van der Waals surface area contributed by atoms with E-state index in [9.17, 15) is 4.79 Å². The highest BCUT2D eigenvalue weighted by Crippen LogP contribution is 2.40. The van der Waals surface area contributed by atoms with E-state index in [-0.39, 0.29) is 5.91 Å². The summed E-state index contributed by atoms with van der Waals surface area (Å²) in [5.41, 5.74) is 2.17. The minimum Gasteiger partial charge on any atom is -0.493 e. The molecule has 0 spiro atoms. The van der Waals surface area contributed by atoms with Gasteiger partial charge in [0.1, 0.15) is 6.04 Å². The minimum absolute atomic E-state index is 0.191. The number of methoxy groups -OCH3 is 3. The summed E-state index contributed by atoms with van der Waals surface area (Å²) in [6.07, 6.45) is 0. The minimum atomic E-state index is -0.504. The van der Waals surface area contributed by atoms with Crippen LogP contribution in [0.5, 0.6) is 17.2 Å². The quantitative estimate of drug-likeness (QED) is 0.758. The van der Waals surface area contributed by atoms with Crippen molar-refractivity contribution in [2.75, 3.05) is 32.0 Å². The first kappa shape index (κ1) is 19.7. The van der Waals surface area contributed by atoms with Crippen LogP contribution >= 0.6 is 11.6 Å². The van der Waals surface area contributed by atoms with Crippen molar-refractivity contribution in [3.05, 3.63) is 40.9 Å². The highest BCUT2D eigenvalue weighted by Gasteiger charge is 2.18. The topological polar surface area (TPSA) is 68.8 Å². The van der Waals surface area contributed by atoms with Gasteiger partial charge in [-0.2, -0.15) is 0 Å². The molecular formula is C19H23ClN2O4. The average molecular weight is 379 g/mol. The molecule has 1 amide bonds. The number of hydrogen-bond donors (Lipinski definition) is 2. The van der Waals surface area contributed by atoms with Crippen LogP contribution in [0.2, 0.25) is 5.02 Å². The van der Waals surface area contributed by atoms with Crippen LogP contribution in [0.25, 0.3) is 0 Å². The Bertz CT molecular complexity index is 770. The zero-order chi connectivity index (χ0) is 19.3. The lowest BCUT2D eigenvalue weighted by atomic mass is 10.2. The van der Waals surface area contributed by atoms with E-state index in [1.165, 1.54) is 7.11 Å². The van der Waals surface area contributed by atoms with Crippen molar-refractivity contribution in [2.24, 2.45) is 0 Å². The first-order valence-corrected chi connectivity index (χ1v) is 8.41. The van der Waals surface area contributed by atoms with Crippen LogP contribution in [0.1, 0.15) is 12.5 Å². The highest BCUT2D eigenvalue weighted by atomic mass is 35.5. The van der Waals surface area contributed by atoms with E-state index in [0.29, 0.717) is 33.6 Å².